The van der Waals surface area contributed by atoms with E-state index < -0.39 is 0 Å². The van der Waals surface area contributed by atoms with Crippen LogP contribution in [0.2, 0.25) is 0 Å². The van der Waals surface area contributed by atoms with E-state index in [1.807, 2.05) is 60.7 Å². The molecule has 3 aromatic rings. The third kappa shape index (κ3) is 6.63. The quantitative estimate of drug-likeness (QED) is 0.295. The molecule has 0 aliphatic heterocycles. The van der Waals surface area contributed by atoms with E-state index in [0.717, 1.165) is 41.6 Å². The van der Waals surface area contributed by atoms with E-state index in [4.69, 9.17) is 4.74 Å². The molecule has 1 aromatic heterocycles. The van der Waals surface area contributed by atoms with E-state index in [2.05, 4.69) is 11.6 Å². The molecule has 1 atom stereocenters. The van der Waals surface area contributed by atoms with Gasteiger partial charge in [0.15, 0.2) is 0 Å². The summed E-state index contributed by atoms with van der Waals surface area (Å²) in [6.45, 7) is 5.86. The molecule has 0 radical (unpaired) electrons. The lowest BCUT2D eigenvalue weighted by Crippen LogP contribution is -1.97. The molecule has 1 heterocycles. The molecular weight excluding hydrogens is 389 g/mol. The Bertz CT molecular complexity index is 1010. The summed E-state index contributed by atoms with van der Waals surface area (Å²) >= 11 is 0. The highest BCUT2D eigenvalue weighted by Gasteiger charge is 2.07. The van der Waals surface area contributed by atoms with Gasteiger partial charge in [-0.15, -0.1) is 0 Å². The van der Waals surface area contributed by atoms with Crippen LogP contribution >= 0.6 is 0 Å². The standard InChI is InChI=1S/C27H28FNO2/c1-3-17-31-24-14-16-27(29-19-24)23-12-10-22(11-13-23)25-15-9-21(18-26(25)28)8-6-4-5-7-20(2)30/h3,6,8-16,18-20,30H,1,4-5,7,17H2,2H3/b8-6+. The zero-order valence-corrected chi connectivity index (χ0v) is 17.8. The first-order chi connectivity index (χ1) is 15.1. The third-order valence-electron chi connectivity index (χ3n) is 4.89. The number of unbranched alkanes of at least 4 members (excludes halogenated alkanes) is 1. The average Bonchev–Trinajstić information content (AvgIpc) is 2.78. The van der Waals surface area contributed by atoms with E-state index in [1.54, 1.807) is 25.3 Å². The van der Waals surface area contributed by atoms with Crippen molar-refractivity contribution >= 4 is 6.08 Å². The second kappa shape index (κ2) is 11.2. The van der Waals surface area contributed by atoms with Crippen molar-refractivity contribution in [3.63, 3.8) is 0 Å². The summed E-state index contributed by atoms with van der Waals surface area (Å²) in [5, 5.41) is 9.28. The predicted octanol–water partition coefficient (Wildman–Crippen LogP) is 6.68. The van der Waals surface area contributed by atoms with Crippen molar-refractivity contribution in [3.05, 3.63) is 90.9 Å². The van der Waals surface area contributed by atoms with Crippen molar-refractivity contribution in [2.75, 3.05) is 6.61 Å². The van der Waals surface area contributed by atoms with Crippen LogP contribution in [0.5, 0.6) is 5.75 Å². The van der Waals surface area contributed by atoms with Crippen LogP contribution < -0.4 is 4.74 Å². The molecular formula is C27H28FNO2. The lowest BCUT2D eigenvalue weighted by molar-refractivity contribution is 0.182. The topological polar surface area (TPSA) is 42.4 Å². The highest BCUT2D eigenvalue weighted by molar-refractivity contribution is 5.70. The number of halogens is 1. The number of ether oxygens (including phenoxy) is 1. The molecule has 4 heteroatoms. The van der Waals surface area contributed by atoms with E-state index >= 15 is 0 Å². The fourth-order valence-corrected chi connectivity index (χ4v) is 3.23. The minimum atomic E-state index is -0.275. The van der Waals surface area contributed by atoms with Crippen LogP contribution in [0.3, 0.4) is 0 Å². The highest BCUT2D eigenvalue weighted by atomic mass is 19.1. The minimum absolute atomic E-state index is 0.249. The van der Waals surface area contributed by atoms with Gasteiger partial charge >= 0.3 is 0 Å². The number of aliphatic hydroxyl groups is 1. The molecule has 31 heavy (non-hydrogen) atoms. The van der Waals surface area contributed by atoms with Gasteiger partial charge in [-0.25, -0.2) is 4.39 Å². The van der Waals surface area contributed by atoms with Crippen molar-refractivity contribution in [2.24, 2.45) is 0 Å². The summed E-state index contributed by atoms with van der Waals surface area (Å²) in [6.07, 6.45) is 9.60. The first-order valence-corrected chi connectivity index (χ1v) is 10.5. The Morgan fingerprint density at radius 1 is 1.10 bits per heavy atom. The Morgan fingerprint density at radius 2 is 1.87 bits per heavy atom. The van der Waals surface area contributed by atoms with Crippen LogP contribution in [0.25, 0.3) is 28.5 Å². The molecule has 0 fully saturated rings. The third-order valence-corrected chi connectivity index (χ3v) is 4.89. The maximum Gasteiger partial charge on any atom is 0.138 e. The van der Waals surface area contributed by atoms with Gasteiger partial charge in [0.2, 0.25) is 0 Å². The van der Waals surface area contributed by atoms with Gasteiger partial charge in [0.05, 0.1) is 18.0 Å². The molecule has 160 valence electrons. The molecule has 3 rings (SSSR count). The van der Waals surface area contributed by atoms with Gasteiger partial charge < -0.3 is 9.84 Å². The Balaban J connectivity index is 1.66. The summed E-state index contributed by atoms with van der Waals surface area (Å²) in [7, 11) is 0. The number of rotatable bonds is 10. The molecule has 1 N–H and O–H groups in total. The summed E-state index contributed by atoms with van der Waals surface area (Å²) in [5.41, 5.74) is 4.00. The molecule has 0 saturated carbocycles. The number of hydrogen-bond donors (Lipinski definition) is 1. The summed E-state index contributed by atoms with van der Waals surface area (Å²) < 4.78 is 20.1. The van der Waals surface area contributed by atoms with Gasteiger partial charge in [-0.2, -0.15) is 0 Å². The Kier molecular flexibility index (Phi) is 8.13. The number of aromatic nitrogens is 1. The molecule has 1 unspecified atom stereocenters. The van der Waals surface area contributed by atoms with Crippen molar-refractivity contribution in [1.29, 1.82) is 0 Å². The van der Waals surface area contributed by atoms with E-state index in [0.29, 0.717) is 17.9 Å². The number of pyridine rings is 1. The number of benzene rings is 2. The lowest BCUT2D eigenvalue weighted by Gasteiger charge is -2.08. The molecule has 0 aliphatic rings. The number of hydrogen-bond acceptors (Lipinski definition) is 3. The van der Waals surface area contributed by atoms with E-state index in [9.17, 15) is 9.50 Å². The molecule has 2 aromatic carbocycles. The maximum atomic E-state index is 14.7. The van der Waals surface area contributed by atoms with Gasteiger partial charge in [-0.1, -0.05) is 61.2 Å². The van der Waals surface area contributed by atoms with Crippen molar-refractivity contribution in [2.45, 2.75) is 32.3 Å². The van der Waals surface area contributed by atoms with Crippen molar-refractivity contribution < 1.29 is 14.2 Å². The first-order valence-electron chi connectivity index (χ1n) is 10.5. The summed E-state index contributed by atoms with van der Waals surface area (Å²) in [6, 6.07) is 16.7. The number of aliphatic hydroxyl groups excluding tert-OH is 1. The summed E-state index contributed by atoms with van der Waals surface area (Å²) in [5.74, 6) is 0.445. The van der Waals surface area contributed by atoms with Crippen LogP contribution in [0.4, 0.5) is 4.39 Å². The average molecular weight is 418 g/mol. The Morgan fingerprint density at radius 3 is 2.52 bits per heavy atom. The van der Waals surface area contributed by atoms with Crippen LogP contribution in [-0.2, 0) is 0 Å². The predicted molar refractivity (Wildman–Crippen MR) is 125 cm³/mol. The molecule has 0 saturated heterocycles. The van der Waals surface area contributed by atoms with Gasteiger partial charge in [0.25, 0.3) is 0 Å². The van der Waals surface area contributed by atoms with Gasteiger partial charge in [0, 0.05) is 11.1 Å². The van der Waals surface area contributed by atoms with Crippen molar-refractivity contribution in [1.82, 2.24) is 4.98 Å². The first kappa shape index (κ1) is 22.4. The zero-order chi connectivity index (χ0) is 22.1. The van der Waals surface area contributed by atoms with E-state index in [1.165, 1.54) is 0 Å². The monoisotopic (exact) mass is 417 g/mol. The molecule has 0 aliphatic carbocycles. The molecule has 0 amide bonds. The number of allylic oxidation sites excluding steroid dienone is 1. The summed E-state index contributed by atoms with van der Waals surface area (Å²) in [4.78, 5) is 4.43. The zero-order valence-electron chi connectivity index (χ0n) is 17.8. The fourth-order valence-electron chi connectivity index (χ4n) is 3.23. The van der Waals surface area contributed by atoms with Crippen LogP contribution in [0.15, 0.2) is 79.5 Å². The van der Waals surface area contributed by atoms with Crippen molar-refractivity contribution in [3.8, 4) is 28.1 Å². The van der Waals surface area contributed by atoms with E-state index in [-0.39, 0.29) is 11.9 Å². The van der Waals surface area contributed by atoms with Crippen LogP contribution in [-0.4, -0.2) is 22.8 Å². The second-order valence-electron chi connectivity index (χ2n) is 7.48. The highest BCUT2D eigenvalue weighted by Crippen LogP contribution is 2.27. The van der Waals surface area contributed by atoms with Gasteiger partial charge in [-0.3, -0.25) is 4.98 Å². The number of nitrogens with zero attached hydrogens (tertiary/aromatic N) is 1. The van der Waals surface area contributed by atoms with Crippen LogP contribution in [0, 0.1) is 5.82 Å². The normalized spacial score (nSPS) is 12.1. The minimum Gasteiger partial charge on any atom is -0.488 e. The Hall–Kier alpha value is -3.24. The van der Waals surface area contributed by atoms with Gasteiger partial charge in [-0.05, 0) is 55.5 Å². The molecule has 0 bridgehead atoms. The van der Waals surface area contributed by atoms with Crippen LogP contribution in [0.1, 0.15) is 31.7 Å². The Labute approximate surface area is 183 Å². The maximum absolute atomic E-state index is 14.7. The lowest BCUT2D eigenvalue weighted by atomic mass is 10.0. The smallest absolute Gasteiger partial charge is 0.138 e. The molecule has 0 spiro atoms. The largest absolute Gasteiger partial charge is 0.488 e. The second-order valence-corrected chi connectivity index (χ2v) is 7.48. The SMILES string of the molecule is C=CCOc1ccc(-c2ccc(-c3ccc(/C=C/CCCC(C)O)cc3F)cc2)nc1. The fraction of sp³-hybridized carbons (Fsp3) is 0.222. The molecule has 3 nitrogen and oxygen atoms in total. The van der Waals surface area contributed by atoms with Gasteiger partial charge in [0.1, 0.15) is 18.2 Å².